The first-order valence-corrected chi connectivity index (χ1v) is 9.97. The van der Waals surface area contributed by atoms with Crippen molar-refractivity contribution in [1.29, 1.82) is 0 Å². The molecular weight excluding hydrogens is 451 g/mol. The Labute approximate surface area is 180 Å². The standard InChI is InChI=1S/C21H34N4O.HI/c1-4-17-10-9-11-19-18(16-25-20(17)19)12-14-24-21(22-5-2)23-13-7-8-15-26-6-3;/h9-11,16,25H,4-8,12-15H2,1-3H3,(H2,22,23,24);1H. The van der Waals surface area contributed by atoms with Crippen molar-refractivity contribution >= 4 is 40.8 Å². The summed E-state index contributed by atoms with van der Waals surface area (Å²) in [5, 5.41) is 8.11. The number of benzene rings is 1. The zero-order valence-corrected chi connectivity index (χ0v) is 19.3. The molecular formula is C21H35IN4O. The van der Waals surface area contributed by atoms with Gasteiger partial charge in [-0.1, -0.05) is 25.1 Å². The van der Waals surface area contributed by atoms with E-state index in [9.17, 15) is 0 Å². The minimum Gasteiger partial charge on any atom is -0.382 e. The molecule has 1 heterocycles. The number of halogens is 1. The van der Waals surface area contributed by atoms with Crippen LogP contribution in [0.1, 0.15) is 44.7 Å². The number of H-pyrrole nitrogens is 1. The van der Waals surface area contributed by atoms with Crippen LogP contribution in [0.15, 0.2) is 29.4 Å². The molecule has 0 radical (unpaired) electrons. The third-order valence-corrected chi connectivity index (χ3v) is 4.47. The quantitative estimate of drug-likeness (QED) is 0.193. The van der Waals surface area contributed by atoms with Crippen molar-refractivity contribution < 1.29 is 4.74 Å². The van der Waals surface area contributed by atoms with Crippen molar-refractivity contribution in [3.63, 3.8) is 0 Å². The highest BCUT2D eigenvalue weighted by atomic mass is 127. The Morgan fingerprint density at radius 1 is 1.11 bits per heavy atom. The summed E-state index contributed by atoms with van der Waals surface area (Å²) in [6, 6.07) is 6.56. The number of fused-ring (bicyclic) bond motifs is 1. The zero-order chi connectivity index (χ0) is 18.6. The maximum atomic E-state index is 5.36. The van der Waals surface area contributed by atoms with Crippen LogP contribution in [-0.4, -0.2) is 43.8 Å². The number of unbranched alkanes of at least 4 members (excludes halogenated alkanes) is 1. The number of rotatable bonds is 11. The molecule has 1 aromatic heterocycles. The molecule has 0 atom stereocenters. The lowest BCUT2D eigenvalue weighted by Crippen LogP contribution is -2.38. The second-order valence-electron chi connectivity index (χ2n) is 6.35. The number of ether oxygens (including phenoxy) is 1. The number of hydrogen-bond donors (Lipinski definition) is 3. The average Bonchev–Trinajstić information content (AvgIpc) is 3.07. The van der Waals surface area contributed by atoms with Gasteiger partial charge in [0, 0.05) is 49.9 Å². The van der Waals surface area contributed by atoms with Crippen LogP contribution in [0.2, 0.25) is 0 Å². The van der Waals surface area contributed by atoms with E-state index in [0.717, 1.165) is 64.5 Å². The van der Waals surface area contributed by atoms with Gasteiger partial charge in [-0.3, -0.25) is 4.99 Å². The summed E-state index contributed by atoms with van der Waals surface area (Å²) < 4.78 is 5.36. The molecule has 0 aliphatic rings. The van der Waals surface area contributed by atoms with Gasteiger partial charge in [0.05, 0.1) is 0 Å². The SMILES string of the molecule is CCNC(=NCCCCOCC)NCCc1c[nH]c2c(CC)cccc12.I. The fraction of sp³-hybridized carbons (Fsp3) is 0.571. The van der Waals surface area contributed by atoms with E-state index in [1.54, 1.807) is 0 Å². The molecule has 0 aliphatic carbocycles. The van der Waals surface area contributed by atoms with Gasteiger partial charge < -0.3 is 20.4 Å². The molecule has 5 nitrogen and oxygen atoms in total. The summed E-state index contributed by atoms with van der Waals surface area (Å²) in [6.45, 7) is 10.5. The van der Waals surface area contributed by atoms with Crippen LogP contribution in [0, 0.1) is 0 Å². The lowest BCUT2D eigenvalue weighted by molar-refractivity contribution is 0.144. The molecule has 27 heavy (non-hydrogen) atoms. The smallest absolute Gasteiger partial charge is 0.191 e. The van der Waals surface area contributed by atoms with Gasteiger partial charge in [-0.15, -0.1) is 24.0 Å². The molecule has 2 aromatic rings. The van der Waals surface area contributed by atoms with E-state index < -0.39 is 0 Å². The van der Waals surface area contributed by atoms with Gasteiger partial charge in [0.2, 0.25) is 0 Å². The number of aromatic amines is 1. The topological polar surface area (TPSA) is 61.4 Å². The summed E-state index contributed by atoms with van der Waals surface area (Å²) in [5.74, 6) is 0.901. The molecule has 3 N–H and O–H groups in total. The highest BCUT2D eigenvalue weighted by Crippen LogP contribution is 2.22. The first kappa shape index (κ1) is 23.8. The van der Waals surface area contributed by atoms with Crippen molar-refractivity contribution in [1.82, 2.24) is 15.6 Å². The van der Waals surface area contributed by atoms with Crippen LogP contribution in [0.25, 0.3) is 10.9 Å². The second kappa shape index (κ2) is 13.8. The first-order chi connectivity index (χ1) is 12.8. The molecule has 0 fully saturated rings. The van der Waals surface area contributed by atoms with Crippen molar-refractivity contribution in [3.05, 3.63) is 35.5 Å². The van der Waals surface area contributed by atoms with Gasteiger partial charge in [-0.05, 0) is 50.7 Å². The van der Waals surface area contributed by atoms with Gasteiger partial charge in [0.1, 0.15) is 0 Å². The predicted octanol–water partition coefficient (Wildman–Crippen LogP) is 4.26. The summed E-state index contributed by atoms with van der Waals surface area (Å²) in [6.07, 6.45) is 6.28. The molecule has 1 aromatic carbocycles. The Balaban J connectivity index is 0.00000364. The van der Waals surface area contributed by atoms with Crippen molar-refractivity contribution in [3.8, 4) is 0 Å². The van der Waals surface area contributed by atoms with Crippen LogP contribution in [0.5, 0.6) is 0 Å². The molecule has 152 valence electrons. The fourth-order valence-electron chi connectivity index (χ4n) is 3.09. The van der Waals surface area contributed by atoms with Crippen molar-refractivity contribution in [2.45, 2.75) is 46.5 Å². The minimum atomic E-state index is 0. The van der Waals surface area contributed by atoms with E-state index in [4.69, 9.17) is 4.74 Å². The molecule has 0 spiro atoms. The molecule has 0 saturated carbocycles. The Hall–Kier alpha value is -1.28. The zero-order valence-electron chi connectivity index (χ0n) is 16.9. The number of guanidine groups is 1. The largest absolute Gasteiger partial charge is 0.382 e. The maximum Gasteiger partial charge on any atom is 0.191 e. The summed E-state index contributed by atoms with van der Waals surface area (Å²) in [4.78, 5) is 8.09. The lowest BCUT2D eigenvalue weighted by atomic mass is 10.1. The van der Waals surface area contributed by atoms with Gasteiger partial charge >= 0.3 is 0 Å². The van der Waals surface area contributed by atoms with Crippen molar-refractivity contribution in [2.75, 3.05) is 32.8 Å². The van der Waals surface area contributed by atoms with Gasteiger partial charge in [-0.2, -0.15) is 0 Å². The second-order valence-corrected chi connectivity index (χ2v) is 6.35. The number of aromatic nitrogens is 1. The fourth-order valence-corrected chi connectivity index (χ4v) is 3.09. The van der Waals surface area contributed by atoms with Gasteiger partial charge in [0.15, 0.2) is 5.96 Å². The lowest BCUT2D eigenvalue weighted by Gasteiger charge is -2.11. The van der Waals surface area contributed by atoms with Crippen LogP contribution in [-0.2, 0) is 17.6 Å². The number of nitrogens with zero attached hydrogens (tertiary/aromatic N) is 1. The monoisotopic (exact) mass is 486 g/mol. The molecule has 0 aliphatic heterocycles. The Morgan fingerprint density at radius 2 is 1.96 bits per heavy atom. The third kappa shape index (κ3) is 7.70. The number of aliphatic imine (C=N–C) groups is 1. The number of nitrogens with one attached hydrogen (secondary N) is 3. The normalized spacial score (nSPS) is 11.4. The number of aryl methyl sites for hydroxylation is 1. The van der Waals surface area contributed by atoms with E-state index in [2.05, 4.69) is 58.9 Å². The Bertz CT molecular complexity index is 684. The average molecular weight is 486 g/mol. The van der Waals surface area contributed by atoms with Gasteiger partial charge in [-0.25, -0.2) is 0 Å². The minimum absolute atomic E-state index is 0. The molecule has 0 bridgehead atoms. The third-order valence-electron chi connectivity index (χ3n) is 4.47. The summed E-state index contributed by atoms with van der Waals surface area (Å²) in [7, 11) is 0. The van der Waals surface area contributed by atoms with E-state index in [0.29, 0.717) is 0 Å². The van der Waals surface area contributed by atoms with Crippen molar-refractivity contribution in [2.24, 2.45) is 4.99 Å². The van der Waals surface area contributed by atoms with Crippen LogP contribution in [0.4, 0.5) is 0 Å². The Kier molecular flexibility index (Phi) is 12.2. The first-order valence-electron chi connectivity index (χ1n) is 9.97. The van der Waals surface area contributed by atoms with Crippen LogP contribution < -0.4 is 10.6 Å². The molecule has 6 heteroatoms. The number of para-hydroxylation sites is 1. The van der Waals surface area contributed by atoms with Crippen LogP contribution >= 0.6 is 24.0 Å². The molecule has 0 unspecified atom stereocenters. The van der Waals surface area contributed by atoms with Crippen LogP contribution in [0.3, 0.4) is 0 Å². The highest BCUT2D eigenvalue weighted by Gasteiger charge is 2.06. The highest BCUT2D eigenvalue weighted by molar-refractivity contribution is 14.0. The predicted molar refractivity (Wildman–Crippen MR) is 127 cm³/mol. The van der Waals surface area contributed by atoms with E-state index >= 15 is 0 Å². The molecule has 0 saturated heterocycles. The summed E-state index contributed by atoms with van der Waals surface area (Å²) in [5.41, 5.74) is 4.01. The van der Waals surface area contributed by atoms with E-state index in [-0.39, 0.29) is 24.0 Å². The van der Waals surface area contributed by atoms with Gasteiger partial charge in [0.25, 0.3) is 0 Å². The van der Waals surface area contributed by atoms with E-state index in [1.807, 2.05) is 6.92 Å². The molecule has 0 amide bonds. The summed E-state index contributed by atoms with van der Waals surface area (Å²) >= 11 is 0. The van der Waals surface area contributed by atoms with E-state index in [1.165, 1.54) is 22.0 Å². The maximum absolute atomic E-state index is 5.36. The molecule has 2 rings (SSSR count). The Morgan fingerprint density at radius 3 is 2.70 bits per heavy atom. The number of hydrogen-bond acceptors (Lipinski definition) is 2.